The van der Waals surface area contributed by atoms with Crippen molar-refractivity contribution in [2.75, 3.05) is 10.6 Å². The SMILES string of the molecule is Cc1ccc(Nc2cc(Nc3ccccc3N=Cc3cccc([N+](=O)[O-])c3)c([N+](=O)[O-])cc2[N+](=O)[O-])cc1. The Balaban J connectivity index is 1.72. The minimum atomic E-state index is -0.708. The summed E-state index contributed by atoms with van der Waals surface area (Å²) in [6.45, 7) is 1.90. The normalized spacial score (nSPS) is 10.8. The first kappa shape index (κ1) is 25.4. The third kappa shape index (κ3) is 5.94. The number of hydrogen-bond donors (Lipinski definition) is 2. The zero-order valence-corrected chi connectivity index (χ0v) is 19.9. The van der Waals surface area contributed by atoms with Crippen LogP contribution < -0.4 is 10.6 Å². The molecule has 4 rings (SSSR count). The number of non-ortho nitro benzene ring substituents is 1. The second kappa shape index (κ2) is 11.0. The van der Waals surface area contributed by atoms with Gasteiger partial charge in [0, 0.05) is 24.0 Å². The highest BCUT2D eigenvalue weighted by Gasteiger charge is 2.25. The number of nitro benzene ring substituents is 3. The van der Waals surface area contributed by atoms with E-state index < -0.39 is 26.1 Å². The van der Waals surface area contributed by atoms with E-state index in [4.69, 9.17) is 0 Å². The van der Waals surface area contributed by atoms with Crippen LogP contribution in [0.3, 0.4) is 0 Å². The number of benzene rings is 4. The summed E-state index contributed by atoms with van der Waals surface area (Å²) in [6, 6.07) is 21.9. The quantitative estimate of drug-likeness (QED) is 0.138. The molecular weight excluding hydrogens is 492 g/mol. The van der Waals surface area contributed by atoms with Gasteiger partial charge in [-0.15, -0.1) is 0 Å². The fourth-order valence-corrected chi connectivity index (χ4v) is 3.57. The van der Waals surface area contributed by atoms with Crippen LogP contribution in [0.25, 0.3) is 0 Å². The molecule has 4 aromatic rings. The van der Waals surface area contributed by atoms with Crippen LogP contribution in [0.2, 0.25) is 0 Å². The van der Waals surface area contributed by atoms with E-state index in [0.717, 1.165) is 11.6 Å². The summed E-state index contributed by atoms with van der Waals surface area (Å²) in [5.74, 6) is 0. The van der Waals surface area contributed by atoms with Crippen molar-refractivity contribution in [1.82, 2.24) is 0 Å². The maximum atomic E-state index is 11.8. The average Bonchev–Trinajstić information content (AvgIpc) is 2.89. The molecule has 0 heterocycles. The van der Waals surface area contributed by atoms with Gasteiger partial charge in [0.2, 0.25) is 0 Å². The molecule has 4 aromatic carbocycles. The van der Waals surface area contributed by atoms with Crippen LogP contribution in [0.1, 0.15) is 11.1 Å². The number of anilines is 4. The summed E-state index contributed by atoms with van der Waals surface area (Å²) in [6.07, 6.45) is 1.43. The third-order valence-corrected chi connectivity index (χ3v) is 5.45. The van der Waals surface area contributed by atoms with Crippen LogP contribution in [0, 0.1) is 37.3 Å². The number of rotatable bonds is 9. The molecule has 0 radical (unpaired) electrons. The van der Waals surface area contributed by atoms with Gasteiger partial charge in [0.25, 0.3) is 17.1 Å². The summed E-state index contributed by atoms with van der Waals surface area (Å²) in [7, 11) is 0. The van der Waals surface area contributed by atoms with Crippen molar-refractivity contribution in [2.45, 2.75) is 6.92 Å². The van der Waals surface area contributed by atoms with Gasteiger partial charge < -0.3 is 10.6 Å². The zero-order valence-electron chi connectivity index (χ0n) is 19.9. The van der Waals surface area contributed by atoms with Gasteiger partial charge >= 0.3 is 0 Å². The number of para-hydroxylation sites is 2. The summed E-state index contributed by atoms with van der Waals surface area (Å²) in [5.41, 5.74) is 1.85. The van der Waals surface area contributed by atoms with Crippen LogP contribution in [-0.2, 0) is 0 Å². The number of nitrogens with zero attached hydrogens (tertiary/aromatic N) is 4. The van der Waals surface area contributed by atoms with Crippen LogP contribution in [-0.4, -0.2) is 21.0 Å². The zero-order chi connectivity index (χ0) is 27.2. The Kier molecular flexibility index (Phi) is 7.33. The second-order valence-electron chi connectivity index (χ2n) is 8.14. The Labute approximate surface area is 215 Å². The van der Waals surface area contributed by atoms with E-state index in [-0.39, 0.29) is 17.1 Å². The third-order valence-electron chi connectivity index (χ3n) is 5.45. The van der Waals surface area contributed by atoms with Crippen molar-refractivity contribution in [3.05, 3.63) is 126 Å². The molecule has 38 heavy (non-hydrogen) atoms. The summed E-state index contributed by atoms with van der Waals surface area (Å²) >= 11 is 0. The standard InChI is InChI=1S/C26H20N6O6/c1-17-9-11-19(12-10-17)28-23-14-24(26(32(37)38)15-25(23)31(35)36)29-22-8-3-2-7-21(22)27-16-18-5-4-6-20(13-18)30(33)34/h2-16,28-29H,1H3. The molecule has 0 unspecified atom stereocenters. The summed E-state index contributed by atoms with van der Waals surface area (Å²) in [4.78, 5) is 37.0. The smallest absolute Gasteiger partial charge is 0.299 e. The monoisotopic (exact) mass is 512 g/mol. The minimum Gasteiger partial charge on any atom is -0.350 e. The molecule has 0 aromatic heterocycles. The van der Waals surface area contributed by atoms with E-state index in [1.165, 1.54) is 30.5 Å². The fraction of sp³-hybridized carbons (Fsp3) is 0.0385. The molecule has 0 saturated heterocycles. The molecule has 0 saturated carbocycles. The van der Waals surface area contributed by atoms with E-state index in [1.807, 2.05) is 19.1 Å². The van der Waals surface area contributed by atoms with Crippen molar-refractivity contribution < 1.29 is 14.8 Å². The van der Waals surface area contributed by atoms with Gasteiger partial charge in [0.1, 0.15) is 11.4 Å². The molecular formula is C26H20N6O6. The first-order valence-corrected chi connectivity index (χ1v) is 11.2. The highest BCUT2D eigenvalue weighted by atomic mass is 16.6. The van der Waals surface area contributed by atoms with Gasteiger partial charge in [0.05, 0.1) is 32.2 Å². The molecule has 190 valence electrons. The molecule has 0 fully saturated rings. The molecule has 2 N–H and O–H groups in total. The number of nitrogens with one attached hydrogen (secondary N) is 2. The predicted octanol–water partition coefficient (Wildman–Crippen LogP) is 6.96. The fourth-order valence-electron chi connectivity index (χ4n) is 3.57. The Hall–Kier alpha value is -5.65. The van der Waals surface area contributed by atoms with Crippen LogP contribution in [0.4, 0.5) is 45.5 Å². The van der Waals surface area contributed by atoms with Crippen LogP contribution in [0.5, 0.6) is 0 Å². The second-order valence-corrected chi connectivity index (χ2v) is 8.14. The van der Waals surface area contributed by atoms with E-state index in [0.29, 0.717) is 22.6 Å². The Morgan fingerprint density at radius 2 is 1.34 bits per heavy atom. The summed E-state index contributed by atoms with van der Waals surface area (Å²) in [5, 5.41) is 40.5. The van der Waals surface area contributed by atoms with E-state index in [9.17, 15) is 30.3 Å². The van der Waals surface area contributed by atoms with Gasteiger partial charge in [0.15, 0.2) is 0 Å². The Morgan fingerprint density at radius 1 is 0.684 bits per heavy atom. The van der Waals surface area contributed by atoms with E-state index in [2.05, 4.69) is 15.6 Å². The van der Waals surface area contributed by atoms with Crippen molar-refractivity contribution in [2.24, 2.45) is 4.99 Å². The molecule has 0 aliphatic carbocycles. The lowest BCUT2D eigenvalue weighted by Gasteiger charge is -2.13. The van der Waals surface area contributed by atoms with Gasteiger partial charge in [-0.25, -0.2) is 0 Å². The average molecular weight is 512 g/mol. The van der Waals surface area contributed by atoms with Gasteiger partial charge in [-0.05, 0) is 42.8 Å². The minimum absolute atomic E-state index is 0.00760. The molecule has 0 atom stereocenters. The van der Waals surface area contributed by atoms with Crippen molar-refractivity contribution in [1.29, 1.82) is 0 Å². The molecule has 12 nitrogen and oxygen atoms in total. The van der Waals surface area contributed by atoms with Gasteiger partial charge in [-0.2, -0.15) is 0 Å². The van der Waals surface area contributed by atoms with Gasteiger partial charge in [-0.1, -0.05) is 42.0 Å². The summed E-state index contributed by atoms with van der Waals surface area (Å²) < 4.78 is 0. The van der Waals surface area contributed by atoms with Crippen molar-refractivity contribution in [3.63, 3.8) is 0 Å². The van der Waals surface area contributed by atoms with Crippen LogP contribution >= 0.6 is 0 Å². The molecule has 0 amide bonds. The highest BCUT2D eigenvalue weighted by Crippen LogP contribution is 2.40. The number of aryl methyl sites for hydroxylation is 1. The maximum absolute atomic E-state index is 11.8. The van der Waals surface area contributed by atoms with Gasteiger partial charge in [-0.3, -0.25) is 35.3 Å². The largest absolute Gasteiger partial charge is 0.350 e. The predicted molar refractivity (Wildman–Crippen MR) is 144 cm³/mol. The first-order valence-electron chi connectivity index (χ1n) is 11.2. The van der Waals surface area contributed by atoms with E-state index >= 15 is 0 Å². The van der Waals surface area contributed by atoms with Crippen LogP contribution in [0.15, 0.2) is 89.9 Å². The molecule has 12 heteroatoms. The number of nitro groups is 3. The number of hydrogen-bond acceptors (Lipinski definition) is 9. The molecule has 0 aliphatic heterocycles. The lowest BCUT2D eigenvalue weighted by atomic mass is 10.1. The molecule has 0 spiro atoms. The molecule has 0 aliphatic rings. The van der Waals surface area contributed by atoms with Crippen molar-refractivity contribution >= 4 is 51.7 Å². The highest BCUT2D eigenvalue weighted by molar-refractivity contribution is 5.88. The lowest BCUT2D eigenvalue weighted by molar-refractivity contribution is -0.393. The van der Waals surface area contributed by atoms with Crippen molar-refractivity contribution in [3.8, 4) is 0 Å². The number of aliphatic imine (C=N–C) groups is 1. The Morgan fingerprint density at radius 3 is 2.00 bits per heavy atom. The first-order chi connectivity index (χ1) is 18.2. The van der Waals surface area contributed by atoms with E-state index in [1.54, 1.807) is 42.5 Å². The topological polar surface area (TPSA) is 166 Å². The Bertz CT molecular complexity index is 1570. The molecule has 0 bridgehead atoms. The lowest BCUT2D eigenvalue weighted by Crippen LogP contribution is -2.03. The maximum Gasteiger partial charge on any atom is 0.299 e.